The van der Waals surface area contributed by atoms with E-state index in [2.05, 4.69) is 48.5 Å². The summed E-state index contributed by atoms with van der Waals surface area (Å²) < 4.78 is 0. The molecule has 0 saturated heterocycles. The fourth-order valence-corrected chi connectivity index (χ4v) is 6.68. The predicted octanol–water partition coefficient (Wildman–Crippen LogP) is 6.47. The Labute approximate surface area is 178 Å². The van der Waals surface area contributed by atoms with Gasteiger partial charge in [0.15, 0.2) is 5.82 Å². The molecule has 1 aromatic heterocycles. The summed E-state index contributed by atoms with van der Waals surface area (Å²) in [4.78, 5) is 9.81. The van der Waals surface area contributed by atoms with E-state index < -0.39 is 0 Å². The zero-order valence-electron chi connectivity index (χ0n) is 16.8. The van der Waals surface area contributed by atoms with Crippen LogP contribution in [0.4, 0.5) is 0 Å². The molecule has 31 heavy (non-hydrogen) atoms. The smallest absolute Gasteiger partial charge is 0.160 e. The molecule has 2 heteroatoms. The summed E-state index contributed by atoms with van der Waals surface area (Å²) in [6, 6.07) is 20.2. The molecule has 0 aliphatic heterocycles. The van der Waals surface area contributed by atoms with E-state index in [0.29, 0.717) is 0 Å². The summed E-state index contributed by atoms with van der Waals surface area (Å²) in [7, 11) is 0. The molecule has 0 atom stereocenters. The van der Waals surface area contributed by atoms with E-state index in [9.17, 15) is 0 Å². The number of hydrogen-bond donors (Lipinski definition) is 0. The van der Waals surface area contributed by atoms with Crippen molar-refractivity contribution >= 4 is 43.2 Å². The molecule has 0 N–H and O–H groups in total. The lowest BCUT2D eigenvalue weighted by atomic mass is 9.92. The molecule has 0 saturated carbocycles. The highest BCUT2D eigenvalue weighted by atomic mass is 14.9. The van der Waals surface area contributed by atoms with Crippen LogP contribution in [0.25, 0.3) is 54.6 Å². The maximum atomic E-state index is 4.99. The normalized spacial score (nSPS) is 14.7. The molecule has 3 aliphatic rings. The number of nitrogens with zero attached hydrogens (tertiary/aromatic N) is 2. The van der Waals surface area contributed by atoms with Crippen LogP contribution in [0, 0.1) is 0 Å². The van der Waals surface area contributed by atoms with Gasteiger partial charge in [0.05, 0.1) is 5.52 Å². The molecule has 5 aromatic carbocycles. The lowest BCUT2D eigenvalue weighted by Crippen LogP contribution is -1.96. The van der Waals surface area contributed by atoms with Crippen LogP contribution >= 0.6 is 0 Å². The first-order valence-corrected chi connectivity index (χ1v) is 11.1. The Bertz CT molecular complexity index is 1820. The van der Waals surface area contributed by atoms with E-state index in [1.807, 2.05) is 12.3 Å². The Morgan fingerprint density at radius 3 is 1.97 bits per heavy atom. The molecule has 0 fully saturated rings. The zero-order valence-corrected chi connectivity index (χ0v) is 16.8. The van der Waals surface area contributed by atoms with Gasteiger partial charge in [-0.2, -0.15) is 0 Å². The molecule has 142 valence electrons. The summed E-state index contributed by atoms with van der Waals surface area (Å²) in [5.74, 6) is 0.861. The van der Waals surface area contributed by atoms with E-state index in [0.717, 1.165) is 36.0 Å². The Balaban J connectivity index is 1.50. The highest BCUT2D eigenvalue weighted by Crippen LogP contribution is 2.54. The molecule has 0 bridgehead atoms. The van der Waals surface area contributed by atoms with Gasteiger partial charge < -0.3 is 0 Å². The third-order valence-corrected chi connectivity index (χ3v) is 7.88. The largest absolute Gasteiger partial charge is 0.236 e. The van der Waals surface area contributed by atoms with Crippen molar-refractivity contribution in [1.82, 2.24) is 9.97 Å². The number of aromatic nitrogens is 2. The van der Waals surface area contributed by atoms with Crippen LogP contribution in [0.2, 0.25) is 0 Å². The predicted molar refractivity (Wildman–Crippen MR) is 126 cm³/mol. The minimum atomic E-state index is 0.861. The van der Waals surface area contributed by atoms with Crippen molar-refractivity contribution in [3.63, 3.8) is 0 Å². The van der Waals surface area contributed by atoms with Crippen LogP contribution in [0.3, 0.4) is 0 Å². The first-order chi connectivity index (χ1) is 15.3. The highest BCUT2D eigenvalue weighted by Gasteiger charge is 2.33. The van der Waals surface area contributed by atoms with Gasteiger partial charge in [-0.15, -0.1) is 0 Å². The third kappa shape index (κ3) is 1.59. The first kappa shape index (κ1) is 15.1. The van der Waals surface area contributed by atoms with E-state index in [1.54, 1.807) is 0 Å². The summed E-state index contributed by atoms with van der Waals surface area (Å²) >= 11 is 0. The molecule has 9 rings (SSSR count). The maximum absolute atomic E-state index is 4.99. The van der Waals surface area contributed by atoms with Crippen molar-refractivity contribution in [2.45, 2.75) is 19.3 Å². The lowest BCUT2D eigenvalue weighted by molar-refractivity contribution is 1.18. The molecule has 1 heterocycles. The molecule has 0 spiro atoms. The fraction of sp³-hybridized carbons (Fsp3) is 0.103. The van der Waals surface area contributed by atoms with Gasteiger partial charge in [-0.05, 0) is 97.1 Å². The van der Waals surface area contributed by atoms with Crippen molar-refractivity contribution in [2.24, 2.45) is 0 Å². The number of para-hydroxylation sites is 1. The highest BCUT2D eigenvalue weighted by molar-refractivity contribution is 6.33. The van der Waals surface area contributed by atoms with Gasteiger partial charge in [0.2, 0.25) is 0 Å². The zero-order chi connectivity index (χ0) is 19.8. The van der Waals surface area contributed by atoms with Gasteiger partial charge in [-0.3, -0.25) is 0 Å². The second kappa shape index (κ2) is 4.76. The van der Waals surface area contributed by atoms with Gasteiger partial charge >= 0.3 is 0 Å². The number of rotatable bonds is 1. The molecule has 6 aromatic rings. The molecular formula is C29H16N2. The van der Waals surface area contributed by atoms with Gasteiger partial charge in [0.25, 0.3) is 0 Å². The van der Waals surface area contributed by atoms with Crippen LogP contribution in [-0.2, 0) is 19.3 Å². The van der Waals surface area contributed by atoms with Crippen LogP contribution in [0.5, 0.6) is 0 Å². The molecule has 0 amide bonds. The Morgan fingerprint density at radius 2 is 1.19 bits per heavy atom. The lowest BCUT2D eigenvalue weighted by Gasteiger charge is -2.12. The van der Waals surface area contributed by atoms with Crippen LogP contribution in [0.15, 0.2) is 60.8 Å². The van der Waals surface area contributed by atoms with Gasteiger partial charge in [0.1, 0.15) is 0 Å². The van der Waals surface area contributed by atoms with Crippen LogP contribution in [0.1, 0.15) is 33.4 Å². The van der Waals surface area contributed by atoms with E-state index >= 15 is 0 Å². The van der Waals surface area contributed by atoms with Gasteiger partial charge in [0, 0.05) is 17.1 Å². The Kier molecular flexibility index (Phi) is 2.31. The summed E-state index contributed by atoms with van der Waals surface area (Å²) in [6.45, 7) is 0. The van der Waals surface area contributed by atoms with Crippen molar-refractivity contribution in [1.29, 1.82) is 0 Å². The number of hydrogen-bond acceptors (Lipinski definition) is 2. The van der Waals surface area contributed by atoms with E-state index in [-0.39, 0.29) is 0 Å². The van der Waals surface area contributed by atoms with Crippen molar-refractivity contribution in [2.75, 3.05) is 0 Å². The average Bonchev–Trinajstić information content (AvgIpc) is 3.47. The fourth-order valence-electron chi connectivity index (χ4n) is 6.68. The third-order valence-electron chi connectivity index (χ3n) is 7.88. The Morgan fingerprint density at radius 1 is 0.581 bits per heavy atom. The van der Waals surface area contributed by atoms with Crippen LogP contribution in [-0.4, -0.2) is 9.97 Å². The molecule has 0 radical (unpaired) electrons. The van der Waals surface area contributed by atoms with E-state index in [4.69, 9.17) is 9.97 Å². The monoisotopic (exact) mass is 392 g/mol. The van der Waals surface area contributed by atoms with Gasteiger partial charge in [-0.25, -0.2) is 9.97 Å². The molecule has 2 nitrogen and oxygen atoms in total. The summed E-state index contributed by atoms with van der Waals surface area (Å²) in [6.07, 6.45) is 5.05. The van der Waals surface area contributed by atoms with Crippen molar-refractivity contribution < 1.29 is 0 Å². The molecular weight excluding hydrogens is 376 g/mol. The van der Waals surface area contributed by atoms with Crippen LogP contribution < -0.4 is 0 Å². The second-order valence-electron chi connectivity index (χ2n) is 9.36. The van der Waals surface area contributed by atoms with E-state index in [1.165, 1.54) is 71.3 Å². The van der Waals surface area contributed by atoms with Gasteiger partial charge in [-0.1, -0.05) is 42.5 Å². The van der Waals surface area contributed by atoms with Crippen molar-refractivity contribution in [3.05, 3.63) is 94.2 Å². The summed E-state index contributed by atoms with van der Waals surface area (Å²) in [5, 5.41) is 10.2. The topological polar surface area (TPSA) is 25.8 Å². The second-order valence-corrected chi connectivity index (χ2v) is 9.36. The average molecular weight is 392 g/mol. The van der Waals surface area contributed by atoms with Crippen molar-refractivity contribution in [3.8, 4) is 11.4 Å². The Hall–Kier alpha value is -3.78. The quantitative estimate of drug-likeness (QED) is 0.299. The summed E-state index contributed by atoms with van der Waals surface area (Å²) in [5.41, 5.74) is 11.1. The minimum absolute atomic E-state index is 0.861. The number of benzene rings is 5. The maximum Gasteiger partial charge on any atom is 0.160 e. The molecule has 0 unspecified atom stereocenters. The minimum Gasteiger partial charge on any atom is -0.236 e. The number of fused-ring (bicyclic) bond motifs is 1. The first-order valence-electron chi connectivity index (χ1n) is 11.1. The molecule has 3 aliphatic carbocycles. The standard InChI is InChI=1S/C29H16N2/c1-2-4-22-18(3-1)13-30-29(31-22)21-12-19-10-16-6-5-14-9-15-7-8-17-11-20(21)28-26(17)24(15)23(14)25(16)27(19)28/h1-8,12-13H,9-11H2. The SMILES string of the molecule is c1ccc2nc(-c3cc4c5c6c(ccc7c6c6c(ccc8c6c5c3C8)C7)C4)ncc2c1.